The molecule has 3 heterocycles. The number of nitrogens with zero attached hydrogens (tertiary/aromatic N) is 3. The lowest BCUT2D eigenvalue weighted by atomic mass is 9.96. The van der Waals surface area contributed by atoms with Gasteiger partial charge < -0.3 is 4.90 Å². The van der Waals surface area contributed by atoms with Crippen LogP contribution in [0, 0.1) is 0 Å². The Balaban J connectivity index is 1.74. The summed E-state index contributed by atoms with van der Waals surface area (Å²) >= 11 is 3.39. The zero-order valence-electron chi connectivity index (χ0n) is 13.4. The molecule has 4 rings (SSSR count). The molecule has 0 fully saturated rings. The molecule has 1 aliphatic heterocycles. The third kappa shape index (κ3) is 2.73. The summed E-state index contributed by atoms with van der Waals surface area (Å²) in [6, 6.07) is 14.4. The molecule has 122 valence electrons. The van der Waals surface area contributed by atoms with Crippen LogP contribution in [0.2, 0.25) is 0 Å². The van der Waals surface area contributed by atoms with Crippen molar-refractivity contribution >= 4 is 27.3 Å². The smallest absolute Gasteiger partial charge is 0.258 e. The van der Waals surface area contributed by atoms with Gasteiger partial charge in [0.25, 0.3) is 5.56 Å². The minimum absolute atomic E-state index is 0.0470. The van der Waals surface area contributed by atoms with Crippen molar-refractivity contribution in [3.05, 3.63) is 74.7 Å². The molecular formula is C19H18BrN3O. The number of fused-ring (bicyclic) bond motifs is 2. The second-order valence-corrected chi connectivity index (χ2v) is 7.22. The maximum absolute atomic E-state index is 12.4. The minimum atomic E-state index is -0.0470. The lowest BCUT2D eigenvalue weighted by Crippen LogP contribution is -2.37. The van der Waals surface area contributed by atoms with Crippen LogP contribution < -0.4 is 10.5 Å². The number of aromatic nitrogens is 2. The number of pyridine rings is 1. The van der Waals surface area contributed by atoms with Gasteiger partial charge in [-0.25, -0.2) is 4.98 Å². The van der Waals surface area contributed by atoms with E-state index in [9.17, 15) is 4.79 Å². The number of aryl methyl sites for hydroxylation is 1. The molecule has 0 bridgehead atoms. The Kier molecular flexibility index (Phi) is 3.88. The highest BCUT2D eigenvalue weighted by molar-refractivity contribution is 9.10. The average Bonchev–Trinajstić information content (AvgIpc) is 2.58. The van der Waals surface area contributed by atoms with Crippen molar-refractivity contribution in [1.82, 2.24) is 9.38 Å². The highest BCUT2D eigenvalue weighted by Gasteiger charge is 2.23. The molecule has 1 aromatic carbocycles. The van der Waals surface area contributed by atoms with E-state index in [0.29, 0.717) is 18.2 Å². The van der Waals surface area contributed by atoms with Crippen LogP contribution in [-0.4, -0.2) is 15.4 Å². The van der Waals surface area contributed by atoms with E-state index in [0.717, 1.165) is 23.0 Å². The van der Waals surface area contributed by atoms with E-state index in [4.69, 9.17) is 0 Å². The van der Waals surface area contributed by atoms with E-state index in [1.807, 2.05) is 12.1 Å². The Morgan fingerprint density at radius 1 is 1.25 bits per heavy atom. The second-order valence-electron chi connectivity index (χ2n) is 6.31. The summed E-state index contributed by atoms with van der Waals surface area (Å²) in [5.74, 6) is 0. The topological polar surface area (TPSA) is 37.6 Å². The molecule has 0 spiro atoms. The van der Waals surface area contributed by atoms with Gasteiger partial charge in [-0.05, 0) is 59.5 Å². The molecule has 0 aliphatic carbocycles. The van der Waals surface area contributed by atoms with Crippen molar-refractivity contribution in [2.45, 2.75) is 32.4 Å². The van der Waals surface area contributed by atoms with Crippen LogP contribution >= 0.6 is 15.9 Å². The number of benzene rings is 1. The molecule has 0 saturated heterocycles. The molecule has 0 unspecified atom stereocenters. The molecule has 0 radical (unpaired) electrons. The van der Waals surface area contributed by atoms with E-state index in [-0.39, 0.29) is 5.56 Å². The number of halogens is 1. The maximum Gasteiger partial charge on any atom is 0.258 e. The van der Waals surface area contributed by atoms with Gasteiger partial charge in [0.1, 0.15) is 5.65 Å². The van der Waals surface area contributed by atoms with E-state index >= 15 is 0 Å². The predicted molar refractivity (Wildman–Crippen MR) is 99.6 cm³/mol. The first-order valence-electron chi connectivity index (χ1n) is 8.14. The SMILES string of the molecule is C[C@@H]1CCc2ccccc2N1Cc1cc(=O)n2cc(Br)ccc2n1. The lowest BCUT2D eigenvalue weighted by molar-refractivity contribution is 0.556. The van der Waals surface area contributed by atoms with Crippen molar-refractivity contribution in [1.29, 1.82) is 0 Å². The molecule has 0 saturated carbocycles. The lowest BCUT2D eigenvalue weighted by Gasteiger charge is -2.36. The van der Waals surface area contributed by atoms with Gasteiger partial charge in [0.05, 0.1) is 12.2 Å². The molecule has 3 aromatic rings. The number of hydrogen-bond acceptors (Lipinski definition) is 3. The fourth-order valence-electron chi connectivity index (χ4n) is 3.38. The summed E-state index contributed by atoms with van der Waals surface area (Å²) in [6.45, 7) is 2.89. The van der Waals surface area contributed by atoms with Gasteiger partial charge >= 0.3 is 0 Å². The van der Waals surface area contributed by atoms with Gasteiger partial charge in [0.15, 0.2) is 0 Å². The van der Waals surface area contributed by atoms with Crippen molar-refractivity contribution in [3.63, 3.8) is 0 Å². The third-order valence-electron chi connectivity index (χ3n) is 4.67. The highest BCUT2D eigenvalue weighted by Crippen LogP contribution is 2.31. The third-order valence-corrected chi connectivity index (χ3v) is 5.14. The fourth-order valence-corrected chi connectivity index (χ4v) is 3.72. The van der Waals surface area contributed by atoms with E-state index < -0.39 is 0 Å². The summed E-state index contributed by atoms with van der Waals surface area (Å²) in [5.41, 5.74) is 4.07. The number of hydrogen-bond donors (Lipinski definition) is 0. The Bertz CT molecular complexity index is 966. The molecule has 4 nitrogen and oxygen atoms in total. The molecule has 1 atom stereocenters. The molecule has 0 N–H and O–H groups in total. The molecule has 0 amide bonds. The van der Waals surface area contributed by atoms with Crippen LogP contribution in [-0.2, 0) is 13.0 Å². The Labute approximate surface area is 148 Å². The first-order chi connectivity index (χ1) is 11.6. The van der Waals surface area contributed by atoms with Crippen LogP contribution in [0.15, 0.2) is 57.9 Å². The molecule has 24 heavy (non-hydrogen) atoms. The van der Waals surface area contributed by atoms with Gasteiger partial charge in [-0.2, -0.15) is 0 Å². The number of rotatable bonds is 2. The zero-order valence-corrected chi connectivity index (χ0v) is 15.0. The quantitative estimate of drug-likeness (QED) is 0.675. The van der Waals surface area contributed by atoms with Crippen molar-refractivity contribution in [2.24, 2.45) is 0 Å². The molecule has 2 aromatic heterocycles. The predicted octanol–water partition coefficient (Wildman–Crippen LogP) is 3.80. The van der Waals surface area contributed by atoms with Crippen LogP contribution in [0.1, 0.15) is 24.6 Å². The van der Waals surface area contributed by atoms with Gasteiger partial charge in [0.2, 0.25) is 0 Å². The summed E-state index contributed by atoms with van der Waals surface area (Å²) < 4.78 is 2.44. The molecule has 1 aliphatic rings. The summed E-state index contributed by atoms with van der Waals surface area (Å²) in [5, 5.41) is 0. The Morgan fingerprint density at radius 2 is 2.08 bits per heavy atom. The highest BCUT2D eigenvalue weighted by atomic mass is 79.9. The Morgan fingerprint density at radius 3 is 2.96 bits per heavy atom. The van der Waals surface area contributed by atoms with Crippen LogP contribution in [0.25, 0.3) is 5.65 Å². The summed E-state index contributed by atoms with van der Waals surface area (Å²) in [7, 11) is 0. The van der Waals surface area contributed by atoms with E-state index in [1.165, 1.54) is 11.3 Å². The van der Waals surface area contributed by atoms with Gasteiger partial charge in [-0.1, -0.05) is 18.2 Å². The summed E-state index contributed by atoms with van der Waals surface area (Å²) in [6.07, 6.45) is 3.99. The number of anilines is 1. The first kappa shape index (κ1) is 15.4. The second kappa shape index (κ2) is 6.06. The zero-order chi connectivity index (χ0) is 16.7. The largest absolute Gasteiger partial charge is 0.363 e. The first-order valence-corrected chi connectivity index (χ1v) is 8.93. The monoisotopic (exact) mass is 383 g/mol. The van der Waals surface area contributed by atoms with Crippen LogP contribution in [0.3, 0.4) is 0 Å². The Hall–Kier alpha value is -2.14. The number of para-hydroxylation sites is 1. The van der Waals surface area contributed by atoms with Crippen LogP contribution in [0.5, 0.6) is 0 Å². The van der Waals surface area contributed by atoms with Gasteiger partial charge in [-0.15, -0.1) is 0 Å². The van der Waals surface area contributed by atoms with Crippen LogP contribution in [0.4, 0.5) is 5.69 Å². The van der Waals surface area contributed by atoms with Crippen molar-refractivity contribution in [2.75, 3.05) is 4.90 Å². The van der Waals surface area contributed by atoms with Crippen molar-refractivity contribution in [3.8, 4) is 0 Å². The van der Waals surface area contributed by atoms with Gasteiger partial charge in [-0.3, -0.25) is 9.20 Å². The minimum Gasteiger partial charge on any atom is -0.363 e. The molecular weight excluding hydrogens is 366 g/mol. The van der Waals surface area contributed by atoms with Gasteiger partial charge in [0, 0.05) is 28.5 Å². The van der Waals surface area contributed by atoms with E-state index in [1.54, 1.807) is 16.7 Å². The fraction of sp³-hybridized carbons (Fsp3) is 0.263. The standard InChI is InChI=1S/C19H18BrN3O/c1-13-6-7-14-4-2-3-5-17(14)22(13)12-16-10-19(24)23-11-15(20)8-9-18(23)21-16/h2-5,8-11,13H,6-7,12H2,1H3/t13-/m1/s1. The van der Waals surface area contributed by atoms with E-state index in [2.05, 4.69) is 57.0 Å². The average molecular weight is 384 g/mol. The normalized spacial score (nSPS) is 17.1. The maximum atomic E-state index is 12.4. The summed E-state index contributed by atoms with van der Waals surface area (Å²) in [4.78, 5) is 19.4. The molecule has 5 heteroatoms. The van der Waals surface area contributed by atoms with Crippen molar-refractivity contribution < 1.29 is 0 Å².